The van der Waals surface area contributed by atoms with Crippen LogP contribution in [0.1, 0.15) is 49.7 Å². The first kappa shape index (κ1) is 14.2. The summed E-state index contributed by atoms with van der Waals surface area (Å²) in [5.41, 5.74) is 0. The first-order chi connectivity index (χ1) is 10.7. The fourth-order valence-electron chi connectivity index (χ4n) is 3.40. The van der Waals surface area contributed by atoms with Crippen molar-refractivity contribution in [1.29, 1.82) is 0 Å². The molecule has 1 aromatic heterocycles. The molecule has 3 fully saturated rings. The van der Waals surface area contributed by atoms with Crippen LogP contribution in [0.15, 0.2) is 4.52 Å². The number of nitrogens with zero attached hydrogens (tertiary/aromatic N) is 3. The Morgan fingerprint density at radius 2 is 2.14 bits per heavy atom. The number of rotatable bonds is 5. The van der Waals surface area contributed by atoms with Gasteiger partial charge in [0.15, 0.2) is 5.82 Å². The van der Waals surface area contributed by atoms with Gasteiger partial charge in [-0.1, -0.05) is 5.16 Å². The highest BCUT2D eigenvalue weighted by molar-refractivity contribution is 5.81. The Balaban J connectivity index is 1.46. The molecule has 2 atom stereocenters. The van der Waals surface area contributed by atoms with E-state index in [1.807, 2.05) is 6.92 Å². The van der Waals surface area contributed by atoms with Crippen molar-refractivity contribution in [3.63, 3.8) is 0 Å². The van der Waals surface area contributed by atoms with Gasteiger partial charge in [-0.2, -0.15) is 4.98 Å². The van der Waals surface area contributed by atoms with E-state index in [4.69, 9.17) is 4.52 Å². The fourth-order valence-corrected chi connectivity index (χ4v) is 3.40. The number of nitrogens with one attached hydrogen (secondary N) is 1. The molecule has 22 heavy (non-hydrogen) atoms. The molecule has 1 N–H and O–H groups in total. The normalized spacial score (nSPS) is 29.5. The van der Waals surface area contributed by atoms with E-state index in [0.717, 1.165) is 38.3 Å². The summed E-state index contributed by atoms with van der Waals surface area (Å²) in [5, 5.41) is 7.17. The van der Waals surface area contributed by atoms with Gasteiger partial charge in [0.1, 0.15) is 0 Å². The number of likely N-dealkylation sites (tertiary alicyclic amines) is 1. The quantitative estimate of drug-likeness (QED) is 0.892. The molecule has 0 spiro atoms. The van der Waals surface area contributed by atoms with Crippen molar-refractivity contribution in [3.8, 4) is 0 Å². The van der Waals surface area contributed by atoms with Crippen LogP contribution in [-0.4, -0.2) is 46.6 Å². The van der Waals surface area contributed by atoms with Gasteiger partial charge in [0.2, 0.25) is 11.8 Å². The van der Waals surface area contributed by atoms with Crippen LogP contribution in [0.2, 0.25) is 0 Å². The van der Waals surface area contributed by atoms with Gasteiger partial charge in [-0.25, -0.2) is 0 Å². The summed E-state index contributed by atoms with van der Waals surface area (Å²) < 4.78 is 5.39. The monoisotopic (exact) mass is 304 g/mol. The van der Waals surface area contributed by atoms with E-state index in [1.165, 1.54) is 19.4 Å². The zero-order valence-corrected chi connectivity index (χ0v) is 13.1. The molecule has 1 aromatic rings. The summed E-state index contributed by atoms with van der Waals surface area (Å²) in [6.07, 6.45) is 5.77. The van der Waals surface area contributed by atoms with Crippen molar-refractivity contribution < 1.29 is 9.32 Å². The maximum Gasteiger partial charge on any atom is 0.231 e. The Hall–Kier alpha value is -1.43. The van der Waals surface area contributed by atoms with Crippen LogP contribution in [0.5, 0.6) is 0 Å². The fraction of sp³-hybridized carbons (Fsp3) is 0.812. The molecule has 0 bridgehead atoms. The predicted octanol–water partition coefficient (Wildman–Crippen LogP) is 1.47. The number of aromatic nitrogens is 2. The van der Waals surface area contributed by atoms with Crippen LogP contribution in [0.25, 0.3) is 0 Å². The molecule has 1 saturated heterocycles. The molecule has 4 rings (SSSR count). The van der Waals surface area contributed by atoms with Gasteiger partial charge in [-0.3, -0.25) is 4.79 Å². The third-order valence-corrected chi connectivity index (χ3v) is 5.05. The van der Waals surface area contributed by atoms with Crippen molar-refractivity contribution in [1.82, 2.24) is 20.4 Å². The Morgan fingerprint density at radius 3 is 2.77 bits per heavy atom. The number of carbonyl (C=O) groups is 1. The second-order valence-electron chi connectivity index (χ2n) is 7.17. The maximum absolute atomic E-state index is 12.2. The maximum atomic E-state index is 12.2. The molecular formula is C16H24N4O2. The van der Waals surface area contributed by atoms with Crippen LogP contribution in [0, 0.1) is 18.8 Å². The zero-order chi connectivity index (χ0) is 15.1. The van der Waals surface area contributed by atoms with E-state index in [9.17, 15) is 4.79 Å². The lowest BCUT2D eigenvalue weighted by Crippen LogP contribution is -2.52. The van der Waals surface area contributed by atoms with E-state index in [1.54, 1.807) is 0 Å². The lowest BCUT2D eigenvalue weighted by Gasteiger charge is -2.37. The Bertz CT molecular complexity index is 550. The Morgan fingerprint density at radius 1 is 1.32 bits per heavy atom. The van der Waals surface area contributed by atoms with Crippen LogP contribution in [0.4, 0.5) is 0 Å². The zero-order valence-electron chi connectivity index (χ0n) is 13.1. The van der Waals surface area contributed by atoms with Gasteiger partial charge in [0, 0.05) is 19.0 Å². The molecule has 1 amide bonds. The SMILES string of the molecule is Cc1noc([C@H]2CCN(CC3CC3)C[C@H]2NC(=O)C2CC2)n1. The second-order valence-corrected chi connectivity index (χ2v) is 7.17. The van der Waals surface area contributed by atoms with Crippen LogP contribution in [0.3, 0.4) is 0 Å². The molecule has 3 aliphatic rings. The van der Waals surface area contributed by atoms with Gasteiger partial charge >= 0.3 is 0 Å². The number of amides is 1. The molecule has 6 heteroatoms. The Kier molecular flexibility index (Phi) is 3.64. The van der Waals surface area contributed by atoms with Crippen LogP contribution >= 0.6 is 0 Å². The highest BCUT2D eigenvalue weighted by Gasteiger charge is 2.39. The minimum Gasteiger partial charge on any atom is -0.351 e. The summed E-state index contributed by atoms with van der Waals surface area (Å²) in [5.74, 6) is 2.83. The largest absolute Gasteiger partial charge is 0.351 e. The molecule has 2 aliphatic carbocycles. The van der Waals surface area contributed by atoms with Crippen molar-refractivity contribution in [2.75, 3.05) is 19.6 Å². The van der Waals surface area contributed by atoms with Gasteiger partial charge in [-0.05, 0) is 51.5 Å². The molecule has 120 valence electrons. The summed E-state index contributed by atoms with van der Waals surface area (Å²) in [4.78, 5) is 19.1. The topological polar surface area (TPSA) is 71.3 Å². The average molecular weight is 304 g/mol. The number of hydrogen-bond donors (Lipinski definition) is 1. The van der Waals surface area contributed by atoms with E-state index in [2.05, 4.69) is 20.4 Å². The van der Waals surface area contributed by atoms with Crippen molar-refractivity contribution >= 4 is 5.91 Å². The average Bonchev–Trinajstić information content (AvgIpc) is 3.40. The second kappa shape index (κ2) is 5.65. The van der Waals surface area contributed by atoms with Crippen molar-refractivity contribution in [3.05, 3.63) is 11.7 Å². The lowest BCUT2D eigenvalue weighted by molar-refractivity contribution is -0.123. The lowest BCUT2D eigenvalue weighted by atomic mass is 9.91. The number of hydrogen-bond acceptors (Lipinski definition) is 5. The van der Waals surface area contributed by atoms with Gasteiger partial charge in [-0.15, -0.1) is 0 Å². The van der Waals surface area contributed by atoms with Crippen molar-refractivity contribution in [2.45, 2.75) is 51.0 Å². The molecule has 2 saturated carbocycles. The standard InChI is InChI=1S/C16H24N4O2/c1-10-17-16(22-19-10)13-6-7-20(8-11-2-3-11)9-14(13)18-15(21)12-4-5-12/h11-14H,2-9H2,1H3,(H,18,21)/t13-,14+/m0/s1. The van der Waals surface area contributed by atoms with Gasteiger partial charge in [0.25, 0.3) is 0 Å². The highest BCUT2D eigenvalue weighted by atomic mass is 16.5. The van der Waals surface area contributed by atoms with Crippen molar-refractivity contribution in [2.24, 2.45) is 11.8 Å². The molecule has 0 radical (unpaired) electrons. The molecule has 0 aromatic carbocycles. The molecule has 1 aliphatic heterocycles. The molecule has 6 nitrogen and oxygen atoms in total. The number of piperidine rings is 1. The van der Waals surface area contributed by atoms with Gasteiger partial charge < -0.3 is 14.7 Å². The molecule has 0 unspecified atom stereocenters. The minimum absolute atomic E-state index is 0.0976. The smallest absolute Gasteiger partial charge is 0.231 e. The summed E-state index contributed by atoms with van der Waals surface area (Å²) >= 11 is 0. The van der Waals surface area contributed by atoms with E-state index >= 15 is 0 Å². The minimum atomic E-state index is 0.0976. The van der Waals surface area contributed by atoms with Gasteiger partial charge in [0.05, 0.1) is 12.0 Å². The summed E-state index contributed by atoms with van der Waals surface area (Å²) in [6.45, 7) is 4.97. The number of aryl methyl sites for hydroxylation is 1. The van der Waals surface area contributed by atoms with E-state index in [-0.39, 0.29) is 23.8 Å². The highest BCUT2D eigenvalue weighted by Crippen LogP contribution is 2.34. The van der Waals surface area contributed by atoms with Crippen LogP contribution in [-0.2, 0) is 4.79 Å². The van der Waals surface area contributed by atoms with E-state index in [0.29, 0.717) is 11.7 Å². The third kappa shape index (κ3) is 3.16. The first-order valence-corrected chi connectivity index (χ1v) is 8.52. The summed E-state index contributed by atoms with van der Waals surface area (Å²) in [7, 11) is 0. The predicted molar refractivity (Wildman–Crippen MR) is 80.2 cm³/mol. The summed E-state index contributed by atoms with van der Waals surface area (Å²) in [6, 6.07) is 0.0976. The van der Waals surface area contributed by atoms with E-state index < -0.39 is 0 Å². The first-order valence-electron chi connectivity index (χ1n) is 8.52. The number of carbonyl (C=O) groups excluding carboxylic acids is 1. The van der Waals surface area contributed by atoms with Crippen LogP contribution < -0.4 is 5.32 Å². The Labute approximate surface area is 130 Å². The third-order valence-electron chi connectivity index (χ3n) is 5.05. The molecular weight excluding hydrogens is 280 g/mol. The molecule has 2 heterocycles.